The van der Waals surface area contributed by atoms with Crippen LogP contribution in [0.25, 0.3) is 0 Å². The van der Waals surface area contributed by atoms with Crippen LogP contribution >= 0.6 is 0 Å². The van der Waals surface area contributed by atoms with Gasteiger partial charge in [0.1, 0.15) is 6.04 Å². The van der Waals surface area contributed by atoms with Gasteiger partial charge in [-0.05, 0) is 40.9 Å². The van der Waals surface area contributed by atoms with Gasteiger partial charge in [-0.2, -0.15) is 4.72 Å². The number of carbonyl (C=O) groups is 1. The van der Waals surface area contributed by atoms with Crippen molar-refractivity contribution < 1.29 is 18.3 Å². The van der Waals surface area contributed by atoms with Gasteiger partial charge in [0.15, 0.2) is 0 Å². The third-order valence-corrected chi connectivity index (χ3v) is 5.96. The summed E-state index contributed by atoms with van der Waals surface area (Å²) in [6, 6.07) is 2.75. The van der Waals surface area contributed by atoms with Gasteiger partial charge in [-0.1, -0.05) is 60.6 Å². The van der Waals surface area contributed by atoms with E-state index in [1.807, 2.05) is 39.8 Å². The van der Waals surface area contributed by atoms with Crippen molar-refractivity contribution in [1.82, 2.24) is 4.72 Å². The van der Waals surface area contributed by atoms with Crippen molar-refractivity contribution in [2.24, 2.45) is 0 Å². The third-order valence-electron chi connectivity index (χ3n) is 4.35. The van der Waals surface area contributed by atoms with E-state index in [1.54, 1.807) is 6.92 Å². The van der Waals surface area contributed by atoms with Crippen molar-refractivity contribution in [3.05, 3.63) is 28.8 Å². The Morgan fingerprint density at radius 3 is 1.72 bits per heavy atom. The fraction of sp³-hybridized carbons (Fsp3) is 0.632. The van der Waals surface area contributed by atoms with Gasteiger partial charge in [0, 0.05) is 0 Å². The van der Waals surface area contributed by atoms with Gasteiger partial charge in [-0.3, -0.25) is 4.79 Å². The molecule has 0 saturated carbocycles. The predicted molar refractivity (Wildman–Crippen MR) is 101 cm³/mol. The van der Waals surface area contributed by atoms with Crippen LogP contribution < -0.4 is 4.72 Å². The molecule has 1 atom stereocenters. The van der Waals surface area contributed by atoms with Crippen LogP contribution in [-0.4, -0.2) is 25.5 Å². The molecule has 1 aromatic rings. The average molecular weight is 370 g/mol. The van der Waals surface area contributed by atoms with E-state index in [1.165, 1.54) is 0 Å². The van der Waals surface area contributed by atoms with Crippen LogP contribution in [0.1, 0.15) is 89.3 Å². The first kappa shape index (κ1) is 21.6. The number of sulfonamides is 1. The van der Waals surface area contributed by atoms with Crippen molar-refractivity contribution in [2.45, 2.75) is 83.6 Å². The maximum Gasteiger partial charge on any atom is 0.321 e. The maximum absolute atomic E-state index is 13.1. The summed E-state index contributed by atoms with van der Waals surface area (Å²) in [6.45, 7) is 13.6. The number of hydrogen-bond donors (Lipinski definition) is 2. The van der Waals surface area contributed by atoms with Crippen molar-refractivity contribution in [3.8, 4) is 0 Å². The number of benzene rings is 1. The molecule has 0 saturated heterocycles. The van der Waals surface area contributed by atoms with Gasteiger partial charge in [-0.15, -0.1) is 0 Å². The molecule has 0 unspecified atom stereocenters. The quantitative estimate of drug-likeness (QED) is 0.719. The standard InChI is InChI=1S/C19H31NO4S/c1-8-17(19(21)22)20-25(23,24)18-15(12(4)5)9-14(11(2)3)10-16(18)13(6)7/h9-13,17,20H,8H2,1-7H3,(H,21,22)/t17-/m0/s1. The highest BCUT2D eigenvalue weighted by Crippen LogP contribution is 2.35. The van der Waals surface area contributed by atoms with Crippen LogP contribution in [0.2, 0.25) is 0 Å². The largest absolute Gasteiger partial charge is 0.480 e. The van der Waals surface area contributed by atoms with E-state index >= 15 is 0 Å². The lowest BCUT2D eigenvalue weighted by molar-refractivity contribution is -0.139. The third kappa shape index (κ3) is 5.05. The molecule has 0 aromatic heterocycles. The summed E-state index contributed by atoms with van der Waals surface area (Å²) >= 11 is 0. The fourth-order valence-electron chi connectivity index (χ4n) is 2.75. The molecular weight excluding hydrogens is 338 g/mol. The molecule has 0 heterocycles. The van der Waals surface area contributed by atoms with Crippen molar-refractivity contribution >= 4 is 16.0 Å². The normalized spacial score (nSPS) is 13.7. The molecule has 0 radical (unpaired) electrons. The highest BCUT2D eigenvalue weighted by molar-refractivity contribution is 7.89. The molecule has 1 aromatic carbocycles. The molecule has 0 spiro atoms. The molecule has 0 amide bonds. The van der Waals surface area contributed by atoms with E-state index in [0.29, 0.717) is 0 Å². The van der Waals surface area contributed by atoms with Gasteiger partial charge in [0.2, 0.25) is 10.0 Å². The van der Waals surface area contributed by atoms with Crippen LogP contribution in [0.15, 0.2) is 17.0 Å². The topological polar surface area (TPSA) is 83.5 Å². The van der Waals surface area contributed by atoms with Gasteiger partial charge < -0.3 is 5.11 Å². The SMILES string of the molecule is CC[C@H](NS(=O)(=O)c1c(C(C)C)cc(C(C)C)cc1C(C)C)C(=O)O. The monoisotopic (exact) mass is 369 g/mol. The Kier molecular flexibility index (Phi) is 7.20. The van der Waals surface area contributed by atoms with Gasteiger partial charge in [0.05, 0.1) is 4.90 Å². The number of rotatable bonds is 8. The highest BCUT2D eigenvalue weighted by Gasteiger charge is 2.30. The summed E-state index contributed by atoms with van der Waals surface area (Å²) in [6.07, 6.45) is 0.187. The fourth-order valence-corrected chi connectivity index (χ4v) is 4.72. The van der Waals surface area contributed by atoms with E-state index in [4.69, 9.17) is 0 Å². The Morgan fingerprint density at radius 2 is 1.44 bits per heavy atom. The number of nitrogens with one attached hydrogen (secondary N) is 1. The average Bonchev–Trinajstić information content (AvgIpc) is 2.50. The number of aliphatic carboxylic acids is 1. The zero-order valence-corrected chi connectivity index (χ0v) is 17.1. The molecule has 2 N–H and O–H groups in total. The Balaban J connectivity index is 3.68. The smallest absolute Gasteiger partial charge is 0.321 e. The summed E-state index contributed by atoms with van der Waals surface area (Å²) in [7, 11) is -3.94. The predicted octanol–water partition coefficient (Wildman–Crippen LogP) is 4.20. The number of carboxylic acids is 1. The van der Waals surface area contributed by atoms with Gasteiger partial charge >= 0.3 is 5.97 Å². The summed E-state index contributed by atoms with van der Waals surface area (Å²) in [5.74, 6) is -0.871. The molecule has 0 aliphatic heterocycles. The summed E-state index contributed by atoms with van der Waals surface area (Å²) in [5.41, 5.74) is 2.57. The molecule has 0 bridgehead atoms. The van der Waals surface area contributed by atoms with Crippen LogP contribution in [0.5, 0.6) is 0 Å². The molecule has 25 heavy (non-hydrogen) atoms. The first-order valence-electron chi connectivity index (χ1n) is 8.85. The van der Waals surface area contributed by atoms with Crippen LogP contribution in [0.3, 0.4) is 0 Å². The van der Waals surface area contributed by atoms with Gasteiger partial charge in [-0.25, -0.2) is 8.42 Å². The minimum atomic E-state index is -3.94. The lowest BCUT2D eigenvalue weighted by Gasteiger charge is -2.24. The molecule has 142 valence electrons. The maximum atomic E-state index is 13.1. The molecule has 0 aliphatic carbocycles. The second-order valence-corrected chi connectivity index (χ2v) is 9.06. The van der Waals surface area contributed by atoms with Crippen LogP contribution in [0, 0.1) is 0 Å². The van der Waals surface area contributed by atoms with Crippen molar-refractivity contribution in [3.63, 3.8) is 0 Å². The second-order valence-electron chi connectivity index (χ2n) is 7.41. The minimum absolute atomic E-state index is 0.00711. The first-order chi connectivity index (χ1) is 11.4. The van der Waals surface area contributed by atoms with Gasteiger partial charge in [0.25, 0.3) is 0 Å². The molecule has 1 rings (SSSR count). The minimum Gasteiger partial charge on any atom is -0.480 e. The van der Waals surface area contributed by atoms with E-state index in [9.17, 15) is 18.3 Å². The Hall–Kier alpha value is -1.40. The first-order valence-corrected chi connectivity index (χ1v) is 10.3. The Morgan fingerprint density at radius 1 is 1.00 bits per heavy atom. The molecule has 0 aliphatic rings. The van der Waals surface area contributed by atoms with E-state index in [-0.39, 0.29) is 29.1 Å². The number of hydrogen-bond acceptors (Lipinski definition) is 3. The molecule has 5 nitrogen and oxygen atoms in total. The Labute approximate surface area is 151 Å². The Bertz CT molecular complexity index is 692. The molecular formula is C19H31NO4S. The van der Waals surface area contributed by atoms with Crippen molar-refractivity contribution in [1.29, 1.82) is 0 Å². The summed E-state index contributed by atoms with van der Waals surface area (Å²) in [4.78, 5) is 11.5. The lowest BCUT2D eigenvalue weighted by atomic mass is 9.89. The van der Waals surface area contributed by atoms with E-state index in [0.717, 1.165) is 16.7 Å². The molecule has 6 heteroatoms. The second kappa shape index (κ2) is 8.32. The molecule has 0 fully saturated rings. The summed E-state index contributed by atoms with van der Waals surface area (Å²) in [5, 5.41) is 9.23. The van der Waals surface area contributed by atoms with E-state index in [2.05, 4.69) is 18.6 Å². The zero-order valence-electron chi connectivity index (χ0n) is 16.3. The van der Waals surface area contributed by atoms with Crippen LogP contribution in [-0.2, 0) is 14.8 Å². The summed E-state index contributed by atoms with van der Waals surface area (Å²) < 4.78 is 28.5. The lowest BCUT2D eigenvalue weighted by Crippen LogP contribution is -2.41. The van der Waals surface area contributed by atoms with Crippen LogP contribution in [0.4, 0.5) is 0 Å². The van der Waals surface area contributed by atoms with E-state index < -0.39 is 22.0 Å². The van der Waals surface area contributed by atoms with Crippen molar-refractivity contribution in [2.75, 3.05) is 0 Å². The zero-order chi connectivity index (χ0) is 19.5. The highest BCUT2D eigenvalue weighted by atomic mass is 32.2. The number of carboxylic acid groups (broad SMARTS) is 1.